The number of hydrogen-bond acceptors (Lipinski definition) is 6. The predicted molar refractivity (Wildman–Crippen MR) is 127 cm³/mol. The van der Waals surface area contributed by atoms with Crippen LogP contribution >= 0.6 is 0 Å². The minimum Gasteiger partial charge on any atom is -0.481 e. The van der Waals surface area contributed by atoms with E-state index in [1.807, 2.05) is 17.6 Å². The summed E-state index contributed by atoms with van der Waals surface area (Å²) in [7, 11) is 0. The van der Waals surface area contributed by atoms with Gasteiger partial charge in [0.2, 0.25) is 0 Å². The lowest BCUT2D eigenvalue weighted by atomic mass is 9.95. The average Bonchev–Trinajstić information content (AvgIpc) is 2.77. The van der Waals surface area contributed by atoms with Crippen molar-refractivity contribution >= 4 is 22.7 Å². The van der Waals surface area contributed by atoms with Crippen molar-refractivity contribution in [3.8, 4) is 11.5 Å². The van der Waals surface area contributed by atoms with Gasteiger partial charge in [-0.05, 0) is 50.3 Å². The maximum absolute atomic E-state index is 12.4. The third kappa shape index (κ3) is 5.40. The van der Waals surface area contributed by atoms with Crippen LogP contribution in [0.15, 0.2) is 21.7 Å². The average molecular weight is 454 g/mol. The van der Waals surface area contributed by atoms with Crippen molar-refractivity contribution in [1.29, 1.82) is 0 Å². The first-order valence-electron chi connectivity index (χ1n) is 11.9. The topological polar surface area (TPSA) is 130 Å². The maximum Gasteiger partial charge on any atom is 0.349 e. The molecule has 1 aliphatic carbocycles. The number of nitrogens with zero attached hydrogens (tertiary/aromatic N) is 3. The van der Waals surface area contributed by atoms with Gasteiger partial charge in [-0.25, -0.2) is 9.78 Å². The van der Waals surface area contributed by atoms with E-state index in [1.54, 1.807) is 0 Å². The number of anilines is 1. The van der Waals surface area contributed by atoms with Crippen LogP contribution in [0.5, 0.6) is 0 Å². The Labute approximate surface area is 191 Å². The van der Waals surface area contributed by atoms with Gasteiger partial charge < -0.3 is 15.0 Å². The molecule has 33 heavy (non-hydrogen) atoms. The van der Waals surface area contributed by atoms with E-state index in [2.05, 4.69) is 26.3 Å². The number of carbonyl (C=O) groups is 1. The molecular formula is C24H31N5O4. The molecule has 3 N–H and O–H groups in total. The van der Waals surface area contributed by atoms with E-state index < -0.39 is 17.2 Å². The van der Waals surface area contributed by atoms with Gasteiger partial charge in [0.25, 0.3) is 5.56 Å². The number of aliphatic carboxylic acids is 1. The number of H-pyrrole nitrogens is 1. The summed E-state index contributed by atoms with van der Waals surface area (Å²) in [6.45, 7) is 2.59. The van der Waals surface area contributed by atoms with E-state index in [9.17, 15) is 14.4 Å². The van der Waals surface area contributed by atoms with Crippen LogP contribution in [0.2, 0.25) is 0 Å². The lowest BCUT2D eigenvalue weighted by molar-refractivity contribution is -0.137. The first-order valence-corrected chi connectivity index (χ1v) is 11.9. The molecule has 1 aromatic rings. The van der Waals surface area contributed by atoms with Crippen LogP contribution in [0.3, 0.4) is 0 Å². The smallest absolute Gasteiger partial charge is 0.349 e. The van der Waals surface area contributed by atoms with Crippen molar-refractivity contribution < 1.29 is 9.90 Å². The molecule has 176 valence electrons. The summed E-state index contributed by atoms with van der Waals surface area (Å²) >= 11 is 0. The van der Waals surface area contributed by atoms with E-state index in [0.29, 0.717) is 24.5 Å². The molecule has 4 rings (SSSR count). The summed E-state index contributed by atoms with van der Waals surface area (Å²) in [6.07, 6.45) is 9.29. The maximum atomic E-state index is 12.4. The molecule has 0 bridgehead atoms. The van der Waals surface area contributed by atoms with Crippen molar-refractivity contribution in [2.75, 3.05) is 5.32 Å². The monoisotopic (exact) mass is 453 g/mol. The summed E-state index contributed by atoms with van der Waals surface area (Å²) in [6, 6.07) is 4.48. The van der Waals surface area contributed by atoms with E-state index >= 15 is 0 Å². The van der Waals surface area contributed by atoms with Gasteiger partial charge in [0.1, 0.15) is 0 Å². The second-order valence-corrected chi connectivity index (χ2v) is 9.00. The summed E-state index contributed by atoms with van der Waals surface area (Å²) in [5, 5.41) is 12.5. The summed E-state index contributed by atoms with van der Waals surface area (Å²) in [5.74, 6) is -0.496. The largest absolute Gasteiger partial charge is 0.481 e. The van der Waals surface area contributed by atoms with Crippen LogP contribution in [0, 0.1) is 6.92 Å². The van der Waals surface area contributed by atoms with Gasteiger partial charge >= 0.3 is 11.7 Å². The van der Waals surface area contributed by atoms with Gasteiger partial charge in [-0.15, -0.1) is 0 Å². The highest BCUT2D eigenvalue weighted by Crippen LogP contribution is 2.29. The minimum absolute atomic E-state index is 0.153. The molecule has 9 nitrogen and oxygen atoms in total. The number of rotatable bonds is 9. The summed E-state index contributed by atoms with van der Waals surface area (Å²) in [4.78, 5) is 46.0. The lowest BCUT2D eigenvalue weighted by Crippen LogP contribution is -2.29. The highest BCUT2D eigenvalue weighted by Gasteiger charge is 2.20. The van der Waals surface area contributed by atoms with Gasteiger partial charge in [0.05, 0.1) is 11.0 Å². The molecule has 0 amide bonds. The normalized spacial score (nSPS) is 14.7. The Morgan fingerprint density at radius 2 is 1.88 bits per heavy atom. The highest BCUT2D eigenvalue weighted by molar-refractivity contribution is 5.84. The van der Waals surface area contributed by atoms with Crippen molar-refractivity contribution in [3.05, 3.63) is 38.5 Å². The van der Waals surface area contributed by atoms with E-state index in [1.165, 1.54) is 19.3 Å². The Morgan fingerprint density at radius 3 is 2.64 bits per heavy atom. The lowest BCUT2D eigenvalue weighted by Gasteiger charge is -2.25. The Bertz CT molecular complexity index is 1230. The van der Waals surface area contributed by atoms with Crippen molar-refractivity contribution in [1.82, 2.24) is 19.5 Å². The second kappa shape index (κ2) is 10.1. The molecule has 1 fully saturated rings. The number of fused-ring (bicyclic) bond motifs is 2. The zero-order valence-electron chi connectivity index (χ0n) is 19.0. The number of unbranched alkanes of at least 4 members (excludes halogenated alkanes) is 3. The van der Waals surface area contributed by atoms with Gasteiger partial charge in [-0.2, -0.15) is 4.98 Å². The number of nitrogens with one attached hydrogen (secondary N) is 2. The Morgan fingerprint density at radius 1 is 1.12 bits per heavy atom. The number of carboxylic acid groups (broad SMARTS) is 1. The zero-order valence-corrected chi connectivity index (χ0v) is 19.0. The number of aromatic amines is 1. The molecule has 3 aliphatic rings. The van der Waals surface area contributed by atoms with Gasteiger partial charge in [-0.3, -0.25) is 14.6 Å². The zero-order chi connectivity index (χ0) is 23.4. The van der Waals surface area contributed by atoms with Crippen LogP contribution in [0.1, 0.15) is 69.8 Å². The van der Waals surface area contributed by atoms with Crippen LogP contribution in [-0.4, -0.2) is 36.6 Å². The molecule has 0 atom stereocenters. The first-order chi connectivity index (χ1) is 15.9. The van der Waals surface area contributed by atoms with E-state index in [-0.39, 0.29) is 17.9 Å². The van der Waals surface area contributed by atoms with E-state index in [0.717, 1.165) is 48.9 Å². The summed E-state index contributed by atoms with van der Waals surface area (Å²) < 4.78 is 1.91. The van der Waals surface area contributed by atoms with Crippen molar-refractivity contribution in [2.45, 2.75) is 83.7 Å². The fourth-order valence-electron chi connectivity index (χ4n) is 4.69. The fourth-order valence-corrected chi connectivity index (χ4v) is 4.69. The first kappa shape index (κ1) is 22.9. The molecule has 9 heteroatoms. The van der Waals surface area contributed by atoms with Crippen LogP contribution in [-0.2, 0) is 11.3 Å². The van der Waals surface area contributed by atoms with Crippen LogP contribution < -0.4 is 16.6 Å². The Kier molecular flexibility index (Phi) is 7.05. The second-order valence-electron chi connectivity index (χ2n) is 9.00. The minimum atomic E-state index is -0.782. The molecular weight excluding hydrogens is 422 g/mol. The van der Waals surface area contributed by atoms with Crippen LogP contribution in [0.4, 0.5) is 5.69 Å². The number of hydrogen-bond donors (Lipinski definition) is 3. The van der Waals surface area contributed by atoms with Gasteiger partial charge in [0.15, 0.2) is 11.5 Å². The fraction of sp³-hybridized carbons (Fsp3) is 0.542. The standard InChI is InChI=1S/C24H31N5O4/c1-15-13-18-19(14-17(15)25-16-9-5-4-6-10-16)29(12-8-3-2-7-11-20(30)31)22-21(26-18)23(32)28-24(33)27-22/h13-14,16,25H,2-12H2,1H3,(H,30,31)(H,28,32,33). The number of aryl methyl sites for hydroxylation is 2. The number of aromatic nitrogens is 4. The molecule has 0 saturated heterocycles. The molecule has 0 aromatic heterocycles. The molecule has 2 aliphatic heterocycles. The molecule has 0 radical (unpaired) electrons. The molecule has 0 unspecified atom stereocenters. The van der Waals surface area contributed by atoms with Crippen molar-refractivity contribution in [2.24, 2.45) is 0 Å². The van der Waals surface area contributed by atoms with E-state index in [4.69, 9.17) is 5.11 Å². The molecule has 1 aromatic carbocycles. The Hall–Kier alpha value is -3.23. The SMILES string of the molecule is Cc1cc2nc3c(=O)[nH]c(=O)nc-3n(CCCCCCC(=O)O)c2cc1NC1CCCCC1. The number of carboxylic acids is 1. The Balaban J connectivity index is 1.70. The third-order valence-corrected chi connectivity index (χ3v) is 6.44. The number of benzene rings is 1. The molecule has 2 heterocycles. The van der Waals surface area contributed by atoms with Gasteiger partial charge in [-0.1, -0.05) is 32.1 Å². The van der Waals surface area contributed by atoms with Crippen molar-refractivity contribution in [3.63, 3.8) is 0 Å². The molecule has 1 saturated carbocycles. The quantitative estimate of drug-likeness (QED) is 0.333. The predicted octanol–water partition coefficient (Wildman–Crippen LogP) is 3.67. The highest BCUT2D eigenvalue weighted by atomic mass is 16.4. The third-order valence-electron chi connectivity index (χ3n) is 6.44. The molecule has 0 spiro atoms. The summed E-state index contributed by atoms with van der Waals surface area (Å²) in [5.41, 5.74) is 2.55. The van der Waals surface area contributed by atoms with Crippen LogP contribution in [0.25, 0.3) is 22.6 Å². The van der Waals surface area contributed by atoms with Gasteiger partial charge in [0, 0.05) is 24.7 Å².